The number of methoxy groups -OCH3 is 2. The SMILES string of the molecule is COc1cccc(OC)c1C(CC(=O)O)B1OC(C)(C)C(C)(C)O1. The molecule has 24 heavy (non-hydrogen) atoms. The van der Waals surface area contributed by atoms with Crippen molar-refractivity contribution in [1.82, 2.24) is 0 Å². The Morgan fingerprint density at radius 3 is 1.96 bits per heavy atom. The third-order valence-corrected chi connectivity index (χ3v) is 4.83. The van der Waals surface area contributed by atoms with E-state index in [0.717, 1.165) is 0 Å². The number of carboxylic acid groups (broad SMARTS) is 1. The molecule has 0 aromatic heterocycles. The number of carboxylic acids is 1. The number of hydrogen-bond acceptors (Lipinski definition) is 5. The van der Waals surface area contributed by atoms with Crippen molar-refractivity contribution < 1.29 is 28.7 Å². The molecule has 0 aliphatic carbocycles. The predicted molar refractivity (Wildman–Crippen MR) is 90.6 cm³/mol. The molecule has 1 aromatic rings. The standard InChI is InChI=1S/C17H25BO6/c1-16(2)17(3,4)24-18(23-16)11(10-14(19)20)15-12(21-5)8-7-9-13(15)22-6/h7-9,11H,10H2,1-6H3,(H,19,20). The Hall–Kier alpha value is -1.73. The molecule has 1 heterocycles. The lowest BCUT2D eigenvalue weighted by Gasteiger charge is -2.32. The minimum Gasteiger partial charge on any atom is -0.496 e. The van der Waals surface area contributed by atoms with Gasteiger partial charge in [-0.25, -0.2) is 0 Å². The van der Waals surface area contributed by atoms with E-state index >= 15 is 0 Å². The molecular formula is C17H25BO6. The van der Waals surface area contributed by atoms with Gasteiger partial charge >= 0.3 is 13.1 Å². The molecule has 1 aliphatic rings. The number of ether oxygens (including phenoxy) is 2. The van der Waals surface area contributed by atoms with E-state index < -0.39 is 30.1 Å². The number of carbonyl (C=O) groups is 1. The molecule has 0 saturated carbocycles. The van der Waals surface area contributed by atoms with Crippen LogP contribution in [0.3, 0.4) is 0 Å². The molecule has 0 spiro atoms. The Balaban J connectivity index is 2.50. The highest BCUT2D eigenvalue weighted by atomic mass is 16.7. The summed E-state index contributed by atoms with van der Waals surface area (Å²) >= 11 is 0. The number of hydrogen-bond donors (Lipinski definition) is 1. The quantitative estimate of drug-likeness (QED) is 0.805. The molecule has 2 rings (SSSR count). The third kappa shape index (κ3) is 3.37. The molecule has 1 aliphatic heterocycles. The van der Waals surface area contributed by atoms with E-state index in [0.29, 0.717) is 17.1 Å². The Labute approximate surface area is 143 Å². The number of rotatable bonds is 6. The van der Waals surface area contributed by atoms with Crippen molar-refractivity contribution in [2.75, 3.05) is 14.2 Å². The van der Waals surface area contributed by atoms with Crippen molar-refractivity contribution in [1.29, 1.82) is 0 Å². The van der Waals surface area contributed by atoms with Crippen molar-refractivity contribution in [3.8, 4) is 11.5 Å². The maximum Gasteiger partial charge on any atom is 0.466 e. The summed E-state index contributed by atoms with van der Waals surface area (Å²) in [5, 5.41) is 9.40. The topological polar surface area (TPSA) is 74.2 Å². The molecular weight excluding hydrogens is 311 g/mol. The molecule has 7 heteroatoms. The second kappa shape index (κ2) is 6.65. The summed E-state index contributed by atoms with van der Waals surface area (Å²) in [5.74, 6) is -0.400. The highest BCUT2D eigenvalue weighted by Crippen LogP contribution is 2.45. The van der Waals surface area contributed by atoms with Gasteiger partial charge in [-0.1, -0.05) is 6.07 Å². The zero-order valence-electron chi connectivity index (χ0n) is 15.1. The lowest BCUT2D eigenvalue weighted by molar-refractivity contribution is -0.137. The zero-order chi connectivity index (χ0) is 18.1. The Bertz CT molecular complexity index is 575. The van der Waals surface area contributed by atoms with Crippen LogP contribution in [0.2, 0.25) is 0 Å². The van der Waals surface area contributed by atoms with Gasteiger partial charge < -0.3 is 23.9 Å². The Kier molecular flexibility index (Phi) is 5.15. The van der Waals surface area contributed by atoms with Crippen LogP contribution in [0.25, 0.3) is 0 Å². The summed E-state index contributed by atoms with van der Waals surface area (Å²) in [5.41, 5.74) is -0.462. The van der Waals surface area contributed by atoms with Crippen LogP contribution in [0.4, 0.5) is 0 Å². The lowest BCUT2D eigenvalue weighted by Crippen LogP contribution is -2.41. The predicted octanol–water partition coefficient (Wildman–Crippen LogP) is 2.89. The minimum absolute atomic E-state index is 0.159. The summed E-state index contributed by atoms with van der Waals surface area (Å²) in [6, 6.07) is 5.35. The van der Waals surface area contributed by atoms with Gasteiger partial charge in [-0.3, -0.25) is 4.79 Å². The van der Waals surface area contributed by atoms with Crippen molar-refractivity contribution in [2.45, 2.75) is 51.1 Å². The van der Waals surface area contributed by atoms with Gasteiger partial charge in [-0.05, 0) is 39.8 Å². The molecule has 1 fully saturated rings. The molecule has 0 amide bonds. The average Bonchev–Trinajstić information content (AvgIpc) is 2.72. The first kappa shape index (κ1) is 18.6. The normalized spacial score (nSPS) is 19.8. The molecule has 1 N–H and O–H groups in total. The molecule has 1 aromatic carbocycles. The van der Waals surface area contributed by atoms with E-state index in [1.807, 2.05) is 27.7 Å². The Morgan fingerprint density at radius 2 is 1.58 bits per heavy atom. The lowest BCUT2D eigenvalue weighted by atomic mass is 9.65. The van der Waals surface area contributed by atoms with E-state index in [1.165, 1.54) is 0 Å². The first-order chi connectivity index (χ1) is 11.1. The highest BCUT2D eigenvalue weighted by molar-refractivity contribution is 6.48. The van der Waals surface area contributed by atoms with E-state index in [4.69, 9.17) is 18.8 Å². The zero-order valence-corrected chi connectivity index (χ0v) is 15.1. The van der Waals surface area contributed by atoms with Crippen LogP contribution >= 0.6 is 0 Å². The molecule has 1 atom stereocenters. The summed E-state index contributed by atoms with van der Waals surface area (Å²) < 4.78 is 23.0. The smallest absolute Gasteiger partial charge is 0.466 e. The number of aliphatic carboxylic acids is 1. The molecule has 6 nitrogen and oxygen atoms in total. The van der Waals surface area contributed by atoms with Gasteiger partial charge in [-0.2, -0.15) is 0 Å². The van der Waals surface area contributed by atoms with E-state index in [2.05, 4.69) is 0 Å². The van der Waals surface area contributed by atoms with Crippen LogP contribution in [-0.2, 0) is 14.1 Å². The van der Waals surface area contributed by atoms with E-state index in [1.54, 1.807) is 32.4 Å². The van der Waals surface area contributed by atoms with Crippen LogP contribution in [0.15, 0.2) is 18.2 Å². The van der Waals surface area contributed by atoms with E-state index in [-0.39, 0.29) is 6.42 Å². The van der Waals surface area contributed by atoms with Gasteiger partial charge in [0.25, 0.3) is 0 Å². The van der Waals surface area contributed by atoms with Gasteiger partial charge in [-0.15, -0.1) is 0 Å². The first-order valence-corrected chi connectivity index (χ1v) is 7.91. The molecule has 0 radical (unpaired) electrons. The van der Waals surface area contributed by atoms with E-state index in [9.17, 15) is 9.90 Å². The van der Waals surface area contributed by atoms with Crippen LogP contribution in [0.5, 0.6) is 11.5 Å². The fourth-order valence-electron chi connectivity index (χ4n) is 2.82. The average molecular weight is 336 g/mol. The monoisotopic (exact) mass is 336 g/mol. The van der Waals surface area contributed by atoms with Crippen molar-refractivity contribution in [3.05, 3.63) is 23.8 Å². The van der Waals surface area contributed by atoms with Crippen LogP contribution < -0.4 is 9.47 Å². The van der Waals surface area contributed by atoms with Gasteiger partial charge in [0.15, 0.2) is 0 Å². The maximum absolute atomic E-state index is 11.5. The van der Waals surface area contributed by atoms with Gasteiger partial charge in [0.05, 0.1) is 31.8 Å². The molecule has 132 valence electrons. The number of benzene rings is 1. The summed E-state index contributed by atoms with van der Waals surface area (Å²) in [6.45, 7) is 7.74. The van der Waals surface area contributed by atoms with Crippen LogP contribution in [0.1, 0.15) is 45.5 Å². The van der Waals surface area contributed by atoms with Crippen LogP contribution in [-0.4, -0.2) is 43.6 Å². The van der Waals surface area contributed by atoms with Crippen molar-refractivity contribution >= 4 is 13.1 Å². The van der Waals surface area contributed by atoms with Gasteiger partial charge in [0.1, 0.15) is 11.5 Å². The Morgan fingerprint density at radius 1 is 1.12 bits per heavy atom. The fourth-order valence-corrected chi connectivity index (χ4v) is 2.82. The third-order valence-electron chi connectivity index (χ3n) is 4.83. The maximum atomic E-state index is 11.5. The fraction of sp³-hybridized carbons (Fsp3) is 0.588. The largest absolute Gasteiger partial charge is 0.496 e. The van der Waals surface area contributed by atoms with Gasteiger partial charge in [0.2, 0.25) is 0 Å². The summed E-state index contributed by atoms with van der Waals surface area (Å²) in [6.07, 6.45) is -0.159. The summed E-state index contributed by atoms with van der Waals surface area (Å²) in [4.78, 5) is 11.5. The van der Waals surface area contributed by atoms with Crippen molar-refractivity contribution in [3.63, 3.8) is 0 Å². The first-order valence-electron chi connectivity index (χ1n) is 7.91. The van der Waals surface area contributed by atoms with Gasteiger partial charge in [0, 0.05) is 11.4 Å². The molecule has 1 saturated heterocycles. The second-order valence-electron chi connectivity index (χ2n) is 6.91. The highest BCUT2D eigenvalue weighted by Gasteiger charge is 2.55. The minimum atomic E-state index is -0.942. The molecule has 0 bridgehead atoms. The molecule has 1 unspecified atom stereocenters. The summed E-state index contributed by atoms with van der Waals surface area (Å²) in [7, 11) is 2.37. The van der Waals surface area contributed by atoms with Crippen molar-refractivity contribution in [2.24, 2.45) is 0 Å². The van der Waals surface area contributed by atoms with Crippen LogP contribution in [0, 0.1) is 0 Å². The second-order valence-corrected chi connectivity index (χ2v) is 6.91.